The molecule has 0 N–H and O–H groups in total. The maximum absolute atomic E-state index is 14.0. The van der Waals surface area contributed by atoms with Crippen LogP contribution in [0.1, 0.15) is 55.8 Å². The molecule has 34 heavy (non-hydrogen) atoms. The number of rotatable bonds is 6. The predicted molar refractivity (Wildman–Crippen MR) is 110 cm³/mol. The van der Waals surface area contributed by atoms with Crippen LogP contribution in [0.4, 0.5) is 22.0 Å². The number of amides is 2. The van der Waals surface area contributed by atoms with E-state index < -0.39 is 46.5 Å². The largest absolute Gasteiger partial charge is 0.465 e. The average Bonchev–Trinajstić information content (AvgIpc) is 2.86. The maximum atomic E-state index is 14.0. The molecule has 0 radical (unpaired) electrons. The Labute approximate surface area is 194 Å². The number of hydrogen-bond donors (Lipinski definition) is 0. The molecular weight excluding hydrogens is 463 g/mol. The molecule has 2 saturated heterocycles. The van der Waals surface area contributed by atoms with Gasteiger partial charge in [-0.3, -0.25) is 14.4 Å². The Hall–Kier alpha value is -2.72. The summed E-state index contributed by atoms with van der Waals surface area (Å²) >= 11 is 0. The molecule has 2 heterocycles. The van der Waals surface area contributed by atoms with Crippen LogP contribution in [0.25, 0.3) is 0 Å². The molecule has 0 saturated carbocycles. The van der Waals surface area contributed by atoms with Gasteiger partial charge in [0.15, 0.2) is 23.3 Å². The fraction of sp³-hybridized carbons (Fsp3) is 0.609. The summed E-state index contributed by atoms with van der Waals surface area (Å²) in [5.41, 5.74) is -1.49. The van der Waals surface area contributed by atoms with E-state index in [0.29, 0.717) is 32.5 Å². The van der Waals surface area contributed by atoms with Crippen molar-refractivity contribution in [1.82, 2.24) is 9.80 Å². The lowest BCUT2D eigenvalue weighted by Crippen LogP contribution is -2.47. The molecular formula is C23H27F5N2O4. The number of nitrogens with zero attached hydrogens (tertiary/aromatic N) is 2. The first-order chi connectivity index (χ1) is 16.2. The number of benzene rings is 1. The standard InChI is InChI=1S/C23H27F5N2O4/c1-2-3-12-34-23(33)14-6-10-29(11-7-14)21(31)13-4-8-30(9-5-13)22(32)15-16(24)18(26)20(28)19(27)17(15)25/h13-14H,2-12H2,1H3. The highest BCUT2D eigenvalue weighted by molar-refractivity contribution is 5.95. The summed E-state index contributed by atoms with van der Waals surface area (Å²) < 4.78 is 73.3. The highest BCUT2D eigenvalue weighted by Crippen LogP contribution is 2.28. The van der Waals surface area contributed by atoms with Gasteiger partial charge in [-0.2, -0.15) is 0 Å². The molecule has 1 aromatic rings. The Morgan fingerprint density at radius 3 is 1.76 bits per heavy atom. The van der Waals surface area contributed by atoms with E-state index in [2.05, 4.69) is 0 Å². The zero-order chi connectivity index (χ0) is 25.0. The summed E-state index contributed by atoms with van der Waals surface area (Å²) in [4.78, 5) is 40.1. The third kappa shape index (κ3) is 5.33. The van der Waals surface area contributed by atoms with Crippen LogP contribution in [0.5, 0.6) is 0 Å². The predicted octanol–water partition coefficient (Wildman–Crippen LogP) is 3.82. The molecule has 2 amide bonds. The SMILES string of the molecule is CCCCOC(=O)C1CCN(C(=O)C2CCN(C(=O)c3c(F)c(F)c(F)c(F)c3F)CC2)CC1. The van der Waals surface area contributed by atoms with E-state index in [1.807, 2.05) is 6.92 Å². The average molecular weight is 490 g/mol. The van der Waals surface area contributed by atoms with Crippen LogP contribution in [0.2, 0.25) is 0 Å². The van der Waals surface area contributed by atoms with Crippen LogP contribution in [-0.2, 0) is 14.3 Å². The Kier molecular flexibility index (Phi) is 8.48. The van der Waals surface area contributed by atoms with Crippen molar-refractivity contribution in [2.24, 2.45) is 11.8 Å². The van der Waals surface area contributed by atoms with E-state index >= 15 is 0 Å². The minimum Gasteiger partial charge on any atom is -0.465 e. The van der Waals surface area contributed by atoms with Crippen LogP contribution in [0.3, 0.4) is 0 Å². The van der Waals surface area contributed by atoms with E-state index in [0.717, 1.165) is 17.7 Å². The van der Waals surface area contributed by atoms with Crippen molar-refractivity contribution in [3.8, 4) is 0 Å². The number of unbranched alkanes of at least 4 members (excludes halogenated alkanes) is 1. The van der Waals surface area contributed by atoms with Gasteiger partial charge in [-0.25, -0.2) is 22.0 Å². The third-order valence-corrected chi connectivity index (χ3v) is 6.44. The van der Waals surface area contributed by atoms with Gasteiger partial charge < -0.3 is 14.5 Å². The van der Waals surface area contributed by atoms with E-state index in [-0.39, 0.29) is 43.7 Å². The highest BCUT2D eigenvalue weighted by atomic mass is 19.2. The lowest BCUT2D eigenvalue weighted by molar-refractivity contribution is -0.152. The second-order valence-corrected chi connectivity index (χ2v) is 8.63. The second kappa shape index (κ2) is 11.1. The van der Waals surface area contributed by atoms with Crippen LogP contribution >= 0.6 is 0 Å². The Balaban J connectivity index is 1.53. The molecule has 0 spiro atoms. The van der Waals surface area contributed by atoms with Crippen LogP contribution in [0.15, 0.2) is 0 Å². The van der Waals surface area contributed by atoms with Gasteiger partial charge >= 0.3 is 5.97 Å². The van der Waals surface area contributed by atoms with Crippen molar-refractivity contribution < 1.29 is 41.1 Å². The number of carbonyl (C=O) groups is 3. The fourth-order valence-electron chi connectivity index (χ4n) is 4.31. The molecule has 0 aromatic heterocycles. The number of halogens is 5. The summed E-state index contributed by atoms with van der Waals surface area (Å²) in [6.45, 7) is 3.06. The first-order valence-corrected chi connectivity index (χ1v) is 11.4. The number of hydrogen-bond acceptors (Lipinski definition) is 4. The van der Waals surface area contributed by atoms with Crippen LogP contribution < -0.4 is 0 Å². The quantitative estimate of drug-likeness (QED) is 0.200. The van der Waals surface area contributed by atoms with Crippen molar-refractivity contribution in [2.45, 2.75) is 45.4 Å². The van der Waals surface area contributed by atoms with Gasteiger partial charge in [0.2, 0.25) is 11.7 Å². The monoisotopic (exact) mass is 490 g/mol. The molecule has 0 bridgehead atoms. The minimum atomic E-state index is -2.33. The van der Waals surface area contributed by atoms with E-state index in [4.69, 9.17) is 4.74 Å². The van der Waals surface area contributed by atoms with Crippen molar-refractivity contribution in [1.29, 1.82) is 0 Å². The molecule has 0 atom stereocenters. The number of piperidine rings is 2. The molecule has 6 nitrogen and oxygen atoms in total. The molecule has 0 unspecified atom stereocenters. The van der Waals surface area contributed by atoms with Crippen LogP contribution in [0, 0.1) is 40.9 Å². The molecule has 11 heteroatoms. The fourth-order valence-corrected chi connectivity index (χ4v) is 4.31. The number of esters is 1. The van der Waals surface area contributed by atoms with Crippen molar-refractivity contribution in [2.75, 3.05) is 32.8 Å². The van der Waals surface area contributed by atoms with Gasteiger partial charge in [-0.15, -0.1) is 0 Å². The summed E-state index contributed by atoms with van der Waals surface area (Å²) in [5.74, 6) is -13.4. The van der Waals surface area contributed by atoms with Gasteiger partial charge in [-0.1, -0.05) is 13.3 Å². The van der Waals surface area contributed by atoms with E-state index in [9.17, 15) is 36.3 Å². The third-order valence-electron chi connectivity index (χ3n) is 6.44. The first-order valence-electron chi connectivity index (χ1n) is 11.4. The van der Waals surface area contributed by atoms with Gasteiger partial charge in [0, 0.05) is 32.1 Å². The second-order valence-electron chi connectivity index (χ2n) is 8.63. The zero-order valence-corrected chi connectivity index (χ0v) is 18.9. The van der Waals surface area contributed by atoms with Crippen LogP contribution in [-0.4, -0.2) is 60.4 Å². The lowest BCUT2D eigenvalue weighted by atomic mass is 9.92. The van der Waals surface area contributed by atoms with Gasteiger partial charge in [0.1, 0.15) is 5.56 Å². The van der Waals surface area contributed by atoms with Gasteiger partial charge in [0.25, 0.3) is 5.91 Å². The maximum Gasteiger partial charge on any atom is 0.309 e. The van der Waals surface area contributed by atoms with Gasteiger partial charge in [-0.05, 0) is 32.1 Å². The molecule has 188 valence electrons. The normalized spacial score (nSPS) is 17.7. The topological polar surface area (TPSA) is 66.9 Å². The minimum absolute atomic E-state index is 0.0606. The smallest absolute Gasteiger partial charge is 0.309 e. The highest BCUT2D eigenvalue weighted by Gasteiger charge is 2.36. The molecule has 3 rings (SSSR count). The van der Waals surface area contributed by atoms with Crippen molar-refractivity contribution >= 4 is 17.8 Å². The molecule has 2 fully saturated rings. The number of carbonyl (C=O) groups excluding carboxylic acids is 3. The Morgan fingerprint density at radius 1 is 0.765 bits per heavy atom. The molecule has 2 aliphatic heterocycles. The van der Waals surface area contributed by atoms with E-state index in [1.54, 1.807) is 4.90 Å². The lowest BCUT2D eigenvalue weighted by Gasteiger charge is -2.37. The summed E-state index contributed by atoms with van der Waals surface area (Å²) in [6.07, 6.45) is 3.10. The number of likely N-dealkylation sites (tertiary alicyclic amines) is 2. The Bertz CT molecular complexity index is 913. The summed E-state index contributed by atoms with van der Waals surface area (Å²) in [7, 11) is 0. The summed E-state index contributed by atoms with van der Waals surface area (Å²) in [6, 6.07) is 0. The summed E-state index contributed by atoms with van der Waals surface area (Å²) in [5, 5.41) is 0. The zero-order valence-electron chi connectivity index (χ0n) is 18.9. The van der Waals surface area contributed by atoms with Crippen molar-refractivity contribution in [3.63, 3.8) is 0 Å². The van der Waals surface area contributed by atoms with Crippen molar-refractivity contribution in [3.05, 3.63) is 34.6 Å². The van der Waals surface area contributed by atoms with E-state index in [1.165, 1.54) is 0 Å². The molecule has 1 aromatic carbocycles. The first kappa shape index (κ1) is 25.9. The molecule has 0 aliphatic carbocycles. The molecule has 2 aliphatic rings. The van der Waals surface area contributed by atoms with Gasteiger partial charge in [0.05, 0.1) is 12.5 Å². The number of ether oxygens (including phenoxy) is 1. The Morgan fingerprint density at radius 2 is 1.24 bits per heavy atom.